The van der Waals surface area contributed by atoms with E-state index in [1.165, 1.54) is 17.7 Å². The number of nitrogens with one attached hydrogen (secondary N) is 2. The summed E-state index contributed by atoms with van der Waals surface area (Å²) in [5.74, 6) is 2.30. The third kappa shape index (κ3) is 7.11. The third-order valence-electron chi connectivity index (χ3n) is 3.84. The zero-order chi connectivity index (χ0) is 22.8. The van der Waals surface area contributed by atoms with Crippen LogP contribution in [0.3, 0.4) is 0 Å². The van der Waals surface area contributed by atoms with E-state index >= 15 is 0 Å². The number of hydrogen-bond acceptors (Lipinski definition) is 9. The number of halogens is 1. The normalized spacial score (nSPS) is 9.74. The average Bonchev–Trinajstić information content (AvgIpc) is 2.76. The fourth-order valence-corrected chi connectivity index (χ4v) is 2.35. The average molecular weight is 427 g/mol. The van der Waals surface area contributed by atoms with Crippen molar-refractivity contribution in [3.8, 4) is 11.5 Å². The number of aromatic nitrogens is 3. The highest BCUT2D eigenvalue weighted by atomic mass is 19.1. The van der Waals surface area contributed by atoms with Gasteiger partial charge in [0.1, 0.15) is 5.82 Å². The number of aryl methyl sites for hydroxylation is 1. The summed E-state index contributed by atoms with van der Waals surface area (Å²) in [5.41, 5.74) is 4.40. The van der Waals surface area contributed by atoms with Crippen LogP contribution in [0.4, 0.5) is 27.9 Å². The Morgan fingerprint density at radius 3 is 2.16 bits per heavy atom. The number of hydrazone groups is 1. The zero-order valence-corrected chi connectivity index (χ0v) is 18.2. The van der Waals surface area contributed by atoms with Gasteiger partial charge in [-0.1, -0.05) is 6.07 Å². The van der Waals surface area contributed by atoms with E-state index in [1.807, 2.05) is 39.2 Å². The van der Waals surface area contributed by atoms with Crippen LogP contribution in [-0.2, 0) is 0 Å². The van der Waals surface area contributed by atoms with Gasteiger partial charge >= 0.3 is 0 Å². The van der Waals surface area contributed by atoms with Crippen molar-refractivity contribution < 1.29 is 13.9 Å². The quantitative estimate of drug-likeness (QED) is 0.433. The lowest BCUT2D eigenvalue weighted by molar-refractivity contribution is 0.354. The van der Waals surface area contributed by atoms with Crippen molar-refractivity contribution >= 4 is 30.2 Å². The Labute approximate surface area is 181 Å². The smallest absolute Gasteiger partial charge is 0.250 e. The van der Waals surface area contributed by atoms with E-state index in [0.29, 0.717) is 17.6 Å². The first kappa shape index (κ1) is 23.3. The molecule has 3 rings (SSSR count). The molecular formula is C21H26FN7O2. The SMILES string of the molecule is C=NNc1nc(Nc2ccc(F)cc2)nc(N(C)C)n1.COc1ccc(C)cc1OC. The van der Waals surface area contributed by atoms with Crippen molar-refractivity contribution in [2.75, 3.05) is 44.0 Å². The molecule has 0 bridgehead atoms. The van der Waals surface area contributed by atoms with Crippen LogP contribution in [0.5, 0.6) is 11.5 Å². The molecule has 0 aliphatic heterocycles. The number of benzene rings is 2. The van der Waals surface area contributed by atoms with E-state index in [0.717, 1.165) is 11.5 Å². The van der Waals surface area contributed by atoms with Gasteiger partial charge in [0.25, 0.3) is 0 Å². The lowest BCUT2D eigenvalue weighted by Crippen LogP contribution is -2.15. The van der Waals surface area contributed by atoms with Gasteiger partial charge < -0.3 is 19.7 Å². The second-order valence-electron chi connectivity index (χ2n) is 6.44. The van der Waals surface area contributed by atoms with Gasteiger partial charge in [0.05, 0.1) is 14.2 Å². The molecule has 1 heterocycles. The summed E-state index contributed by atoms with van der Waals surface area (Å²) in [6.07, 6.45) is 0. The number of methoxy groups -OCH3 is 2. The maximum Gasteiger partial charge on any atom is 0.250 e. The minimum absolute atomic E-state index is 0.267. The molecule has 0 radical (unpaired) electrons. The van der Waals surface area contributed by atoms with Crippen molar-refractivity contribution in [3.05, 3.63) is 53.8 Å². The van der Waals surface area contributed by atoms with Crippen LogP contribution in [0.2, 0.25) is 0 Å². The first-order chi connectivity index (χ1) is 14.9. The highest BCUT2D eigenvalue weighted by molar-refractivity contribution is 5.55. The van der Waals surface area contributed by atoms with Crippen LogP contribution in [-0.4, -0.2) is 50.0 Å². The predicted molar refractivity (Wildman–Crippen MR) is 121 cm³/mol. The van der Waals surface area contributed by atoms with Crippen LogP contribution >= 0.6 is 0 Å². The fraction of sp³-hybridized carbons (Fsp3) is 0.238. The van der Waals surface area contributed by atoms with Crippen LogP contribution in [0, 0.1) is 12.7 Å². The van der Waals surface area contributed by atoms with Gasteiger partial charge in [0.2, 0.25) is 17.8 Å². The maximum absolute atomic E-state index is 12.9. The summed E-state index contributed by atoms with van der Waals surface area (Å²) in [5, 5.41) is 6.49. The monoisotopic (exact) mass is 427 g/mol. The molecule has 0 aliphatic carbocycles. The molecule has 10 heteroatoms. The van der Waals surface area contributed by atoms with E-state index in [4.69, 9.17) is 9.47 Å². The first-order valence-electron chi connectivity index (χ1n) is 9.22. The summed E-state index contributed by atoms with van der Waals surface area (Å²) in [6.45, 7) is 5.33. The molecule has 0 amide bonds. The summed E-state index contributed by atoms with van der Waals surface area (Å²) >= 11 is 0. The van der Waals surface area contributed by atoms with Gasteiger partial charge in [0, 0.05) is 26.5 Å². The van der Waals surface area contributed by atoms with Crippen molar-refractivity contribution in [1.82, 2.24) is 15.0 Å². The Hall–Kier alpha value is -3.95. The number of hydrogen-bond donors (Lipinski definition) is 2. The minimum atomic E-state index is -0.307. The molecule has 0 spiro atoms. The van der Waals surface area contributed by atoms with Crippen LogP contribution in [0.1, 0.15) is 5.56 Å². The molecule has 2 aromatic carbocycles. The molecular weight excluding hydrogens is 401 g/mol. The van der Waals surface area contributed by atoms with Crippen LogP contribution < -0.4 is 25.1 Å². The van der Waals surface area contributed by atoms with E-state index < -0.39 is 0 Å². The van der Waals surface area contributed by atoms with Gasteiger partial charge in [-0.2, -0.15) is 20.1 Å². The van der Waals surface area contributed by atoms with Gasteiger partial charge in [-0.3, -0.25) is 0 Å². The molecule has 3 aromatic rings. The Bertz CT molecular complexity index is 998. The lowest BCUT2D eigenvalue weighted by atomic mass is 10.2. The zero-order valence-electron chi connectivity index (χ0n) is 18.2. The Balaban J connectivity index is 0.000000262. The lowest BCUT2D eigenvalue weighted by Gasteiger charge is -2.13. The topological polar surface area (TPSA) is 96.8 Å². The molecule has 1 aromatic heterocycles. The second-order valence-corrected chi connectivity index (χ2v) is 6.44. The number of ether oxygens (including phenoxy) is 2. The predicted octanol–water partition coefficient (Wildman–Crippen LogP) is 3.86. The van der Waals surface area contributed by atoms with E-state index in [1.54, 1.807) is 31.3 Å². The Morgan fingerprint density at radius 2 is 1.58 bits per heavy atom. The molecule has 164 valence electrons. The Kier molecular flexibility index (Phi) is 8.50. The summed E-state index contributed by atoms with van der Waals surface area (Å²) in [4.78, 5) is 14.2. The summed E-state index contributed by atoms with van der Waals surface area (Å²) in [7, 11) is 6.88. The fourth-order valence-electron chi connectivity index (χ4n) is 2.35. The number of anilines is 4. The molecule has 0 saturated heterocycles. The van der Waals surface area contributed by atoms with Gasteiger partial charge in [-0.05, 0) is 48.9 Å². The van der Waals surface area contributed by atoms with E-state index in [9.17, 15) is 4.39 Å². The maximum atomic E-state index is 12.9. The highest BCUT2D eigenvalue weighted by Gasteiger charge is 2.08. The van der Waals surface area contributed by atoms with Gasteiger partial charge in [-0.25, -0.2) is 9.82 Å². The highest BCUT2D eigenvalue weighted by Crippen LogP contribution is 2.26. The number of nitrogens with zero attached hydrogens (tertiary/aromatic N) is 5. The van der Waals surface area contributed by atoms with Crippen molar-refractivity contribution in [2.45, 2.75) is 6.92 Å². The molecule has 0 atom stereocenters. The van der Waals surface area contributed by atoms with E-state index in [2.05, 4.69) is 37.5 Å². The van der Waals surface area contributed by atoms with Crippen LogP contribution in [0.15, 0.2) is 47.6 Å². The molecule has 0 saturated carbocycles. The van der Waals surface area contributed by atoms with Crippen molar-refractivity contribution in [3.63, 3.8) is 0 Å². The molecule has 0 fully saturated rings. The Morgan fingerprint density at radius 1 is 0.935 bits per heavy atom. The number of rotatable bonds is 7. The van der Waals surface area contributed by atoms with Gasteiger partial charge in [0.15, 0.2) is 11.5 Å². The molecule has 31 heavy (non-hydrogen) atoms. The first-order valence-corrected chi connectivity index (χ1v) is 9.22. The van der Waals surface area contributed by atoms with Crippen molar-refractivity contribution in [1.29, 1.82) is 0 Å². The summed E-state index contributed by atoms with van der Waals surface area (Å²) in [6, 6.07) is 11.7. The second kappa shape index (κ2) is 11.3. The van der Waals surface area contributed by atoms with Gasteiger partial charge in [-0.15, -0.1) is 0 Å². The molecule has 9 nitrogen and oxygen atoms in total. The molecule has 0 aliphatic rings. The van der Waals surface area contributed by atoms with E-state index in [-0.39, 0.29) is 11.8 Å². The molecule has 2 N–H and O–H groups in total. The largest absolute Gasteiger partial charge is 0.493 e. The standard InChI is InChI=1S/C12H14FN7.C9H12O2/c1-14-19-11-16-10(17-12(18-11)20(2)3)15-9-6-4-8(13)5-7-9;1-7-4-5-8(10-2)9(6-7)11-3/h4-7H,1H2,2-3H3,(H2,15,16,17,18,19);4-6H,1-3H3. The van der Waals surface area contributed by atoms with Crippen LogP contribution in [0.25, 0.3) is 0 Å². The molecule has 0 unspecified atom stereocenters. The summed E-state index contributed by atoms with van der Waals surface area (Å²) < 4.78 is 23.0. The van der Waals surface area contributed by atoms with Crippen molar-refractivity contribution in [2.24, 2.45) is 5.10 Å². The third-order valence-corrected chi connectivity index (χ3v) is 3.84. The minimum Gasteiger partial charge on any atom is -0.493 e.